The van der Waals surface area contributed by atoms with Gasteiger partial charge in [-0.05, 0) is 31.0 Å². The molecule has 2 aromatic heterocycles. The molecule has 3 heterocycles. The highest BCUT2D eigenvalue weighted by molar-refractivity contribution is 6.31. The Kier molecular flexibility index (Phi) is 9.67. The van der Waals surface area contributed by atoms with Crippen LogP contribution in [-0.2, 0) is 11.3 Å². The first-order chi connectivity index (χ1) is 23.9. The van der Waals surface area contributed by atoms with Gasteiger partial charge in [0.1, 0.15) is 24.8 Å². The lowest BCUT2D eigenvalue weighted by atomic mass is 10.1. The standard InChI is InChI=1S/C32H23ClF6N6O5/c1-48-21-9-20-17(31(41-14-40-20)43-19-6-2-5-18(33)24(19)34)8-22(21)49-16-4-3-7-44(12-16)23(46)13-45-11-15(10-42-45)32(47)50-30-28(38)26(36)25(35)27(37)29(30)39/h2,5-6,8-11,14,16H,3-4,7,12-13H2,1H3,(H,40,41,43)/t16-/m1/s1. The van der Waals surface area contributed by atoms with Crippen molar-refractivity contribution >= 4 is 45.9 Å². The summed E-state index contributed by atoms with van der Waals surface area (Å²) >= 11 is 5.92. The molecule has 1 amide bonds. The van der Waals surface area contributed by atoms with Crippen molar-refractivity contribution in [1.29, 1.82) is 0 Å². The lowest BCUT2D eigenvalue weighted by Crippen LogP contribution is -2.45. The summed E-state index contributed by atoms with van der Waals surface area (Å²) in [4.78, 5) is 35.6. The van der Waals surface area contributed by atoms with Crippen LogP contribution in [-0.4, -0.2) is 62.8 Å². The predicted octanol–water partition coefficient (Wildman–Crippen LogP) is 6.36. The zero-order chi connectivity index (χ0) is 35.7. The fourth-order valence-electron chi connectivity index (χ4n) is 5.20. The number of carbonyl (C=O) groups excluding carboxylic acids is 2. The molecule has 11 nitrogen and oxygen atoms in total. The Balaban J connectivity index is 1.13. The smallest absolute Gasteiger partial charge is 0.346 e. The number of piperidine rings is 1. The number of amides is 1. The van der Waals surface area contributed by atoms with Crippen molar-refractivity contribution in [1.82, 2.24) is 24.6 Å². The van der Waals surface area contributed by atoms with Gasteiger partial charge >= 0.3 is 5.97 Å². The minimum absolute atomic E-state index is 0.0724. The van der Waals surface area contributed by atoms with Crippen LogP contribution in [0.5, 0.6) is 17.2 Å². The molecule has 0 aliphatic carbocycles. The molecule has 0 unspecified atom stereocenters. The van der Waals surface area contributed by atoms with Crippen molar-refractivity contribution in [2.24, 2.45) is 0 Å². The summed E-state index contributed by atoms with van der Waals surface area (Å²) < 4.78 is 100. The minimum atomic E-state index is -2.41. The van der Waals surface area contributed by atoms with E-state index in [1.807, 2.05) is 0 Å². The number of rotatable bonds is 9. The van der Waals surface area contributed by atoms with E-state index in [0.717, 1.165) is 17.1 Å². The number of nitrogens with one attached hydrogen (secondary N) is 1. The topological polar surface area (TPSA) is 121 Å². The number of hydrogen-bond donors (Lipinski definition) is 1. The number of fused-ring (bicyclic) bond motifs is 1. The molecule has 1 atom stereocenters. The van der Waals surface area contributed by atoms with Crippen LogP contribution in [0.4, 0.5) is 37.8 Å². The summed E-state index contributed by atoms with van der Waals surface area (Å²) in [6, 6.07) is 7.76. The van der Waals surface area contributed by atoms with E-state index < -0.39 is 64.2 Å². The number of nitrogens with zero attached hydrogens (tertiary/aromatic N) is 5. The molecule has 3 aromatic carbocycles. The van der Waals surface area contributed by atoms with Crippen molar-refractivity contribution in [2.75, 3.05) is 25.5 Å². The lowest BCUT2D eigenvalue weighted by Gasteiger charge is -2.33. The van der Waals surface area contributed by atoms with E-state index in [-0.39, 0.29) is 29.6 Å². The molecule has 1 aliphatic rings. The first-order valence-corrected chi connectivity index (χ1v) is 15.1. The van der Waals surface area contributed by atoms with Crippen LogP contribution in [0.2, 0.25) is 5.02 Å². The van der Waals surface area contributed by atoms with Crippen molar-refractivity contribution in [3.63, 3.8) is 0 Å². The average Bonchev–Trinajstić information content (AvgIpc) is 3.59. The Bertz CT molecular complexity index is 2110. The van der Waals surface area contributed by atoms with E-state index in [1.54, 1.807) is 18.2 Å². The number of halogens is 7. The molecule has 1 saturated heterocycles. The maximum absolute atomic E-state index is 14.6. The summed E-state index contributed by atoms with van der Waals surface area (Å²) in [7, 11) is 1.45. The SMILES string of the molecule is COc1cc2ncnc(Nc3cccc(Cl)c3F)c2cc1O[C@@H]1CCCN(C(=O)Cn2cc(C(=O)Oc3c(F)c(F)c(F)c(F)c3F)cn2)C1. The Morgan fingerprint density at radius 2 is 1.72 bits per heavy atom. The van der Waals surface area contributed by atoms with Crippen molar-refractivity contribution in [3.05, 3.63) is 94.5 Å². The molecule has 0 bridgehead atoms. The number of hydrogen-bond acceptors (Lipinski definition) is 9. The number of aromatic nitrogens is 4. The van der Waals surface area contributed by atoms with E-state index in [9.17, 15) is 35.9 Å². The van der Waals surface area contributed by atoms with Crippen molar-refractivity contribution < 1.29 is 50.1 Å². The lowest BCUT2D eigenvalue weighted by molar-refractivity contribution is -0.134. The van der Waals surface area contributed by atoms with Gasteiger partial charge < -0.3 is 24.4 Å². The van der Waals surface area contributed by atoms with Gasteiger partial charge in [0.25, 0.3) is 0 Å². The summed E-state index contributed by atoms with van der Waals surface area (Å²) in [5.41, 5.74) is 0.158. The second-order valence-electron chi connectivity index (χ2n) is 10.9. The number of esters is 1. The molecular formula is C32H23ClF6N6O5. The fraction of sp³-hybridized carbons (Fsp3) is 0.219. The molecule has 1 fully saturated rings. The molecule has 0 spiro atoms. The second kappa shape index (κ2) is 14.1. The van der Waals surface area contributed by atoms with Crippen LogP contribution < -0.4 is 19.5 Å². The number of likely N-dealkylation sites (tertiary alicyclic amines) is 1. The maximum atomic E-state index is 14.6. The van der Waals surface area contributed by atoms with Gasteiger partial charge in [-0.3, -0.25) is 9.48 Å². The third kappa shape index (κ3) is 6.80. The first-order valence-electron chi connectivity index (χ1n) is 14.7. The van der Waals surface area contributed by atoms with Gasteiger partial charge in [-0.1, -0.05) is 17.7 Å². The molecule has 260 valence electrons. The number of anilines is 2. The van der Waals surface area contributed by atoms with Gasteiger partial charge in [0.2, 0.25) is 40.7 Å². The van der Waals surface area contributed by atoms with Gasteiger partial charge in [0.15, 0.2) is 17.3 Å². The van der Waals surface area contributed by atoms with Crippen molar-refractivity contribution in [2.45, 2.75) is 25.5 Å². The zero-order valence-corrected chi connectivity index (χ0v) is 26.4. The van der Waals surface area contributed by atoms with Crippen LogP contribution in [0.25, 0.3) is 10.9 Å². The fourth-order valence-corrected chi connectivity index (χ4v) is 5.38. The number of carbonyl (C=O) groups is 2. The van der Waals surface area contributed by atoms with E-state index in [1.165, 1.54) is 30.5 Å². The minimum Gasteiger partial charge on any atom is -0.493 e. The third-order valence-electron chi connectivity index (χ3n) is 7.68. The highest BCUT2D eigenvalue weighted by atomic mass is 35.5. The summed E-state index contributed by atoms with van der Waals surface area (Å²) in [5, 5.41) is 7.21. The molecule has 5 aromatic rings. The van der Waals surface area contributed by atoms with Gasteiger partial charge in [-0.25, -0.2) is 32.3 Å². The monoisotopic (exact) mass is 720 g/mol. The first kappa shape index (κ1) is 34.3. The van der Waals surface area contributed by atoms with Crippen LogP contribution in [0.15, 0.2) is 49.1 Å². The zero-order valence-electron chi connectivity index (χ0n) is 25.7. The van der Waals surface area contributed by atoms with E-state index in [0.29, 0.717) is 41.8 Å². The van der Waals surface area contributed by atoms with Crippen LogP contribution in [0.1, 0.15) is 23.2 Å². The molecule has 1 aliphatic heterocycles. The van der Waals surface area contributed by atoms with E-state index in [2.05, 4.69) is 25.1 Å². The molecule has 1 N–H and O–H groups in total. The molecule has 6 rings (SSSR count). The molecular weight excluding hydrogens is 698 g/mol. The largest absolute Gasteiger partial charge is 0.493 e. The van der Waals surface area contributed by atoms with E-state index >= 15 is 0 Å². The van der Waals surface area contributed by atoms with Crippen LogP contribution in [0, 0.1) is 34.9 Å². The Labute approximate surface area is 283 Å². The Hall–Kier alpha value is -5.58. The summed E-state index contributed by atoms with van der Waals surface area (Å²) in [5.74, 6) is -15.0. The van der Waals surface area contributed by atoms with Gasteiger partial charge in [-0.2, -0.15) is 13.9 Å². The quantitative estimate of drug-likeness (QED) is 0.0610. The van der Waals surface area contributed by atoms with Crippen molar-refractivity contribution in [3.8, 4) is 17.2 Å². The van der Waals surface area contributed by atoms with Gasteiger partial charge in [0, 0.05) is 24.2 Å². The summed E-state index contributed by atoms with van der Waals surface area (Å²) in [6.45, 7) is 0.159. The Morgan fingerprint density at radius 1 is 0.980 bits per heavy atom. The van der Waals surface area contributed by atoms with Crippen LogP contribution in [0.3, 0.4) is 0 Å². The summed E-state index contributed by atoms with van der Waals surface area (Å²) in [6.07, 6.45) is 3.88. The highest BCUT2D eigenvalue weighted by Crippen LogP contribution is 2.37. The highest BCUT2D eigenvalue weighted by Gasteiger charge is 2.30. The second-order valence-corrected chi connectivity index (χ2v) is 11.3. The molecule has 18 heteroatoms. The van der Waals surface area contributed by atoms with Gasteiger partial charge in [-0.15, -0.1) is 0 Å². The predicted molar refractivity (Wildman–Crippen MR) is 164 cm³/mol. The molecule has 0 saturated carbocycles. The Morgan fingerprint density at radius 3 is 2.46 bits per heavy atom. The number of benzene rings is 3. The molecule has 50 heavy (non-hydrogen) atoms. The normalized spacial score (nSPS) is 14.5. The number of methoxy groups -OCH3 is 1. The maximum Gasteiger partial charge on any atom is 0.346 e. The average molecular weight is 721 g/mol. The number of ether oxygens (including phenoxy) is 3. The van der Waals surface area contributed by atoms with E-state index in [4.69, 9.17) is 21.1 Å². The van der Waals surface area contributed by atoms with Crippen LogP contribution >= 0.6 is 11.6 Å². The third-order valence-corrected chi connectivity index (χ3v) is 7.97. The van der Waals surface area contributed by atoms with Gasteiger partial charge in [0.05, 0.1) is 41.6 Å². The molecule has 0 radical (unpaired) electrons.